The summed E-state index contributed by atoms with van der Waals surface area (Å²) < 4.78 is 21.5. The van der Waals surface area contributed by atoms with Crippen LogP contribution in [-0.4, -0.2) is 31.4 Å². The van der Waals surface area contributed by atoms with E-state index in [-0.39, 0.29) is 5.57 Å². The standard InChI is InChI=1S/C20H26O6/c1-5-6-7-8-12-24-17-14(10-9-11-16(17)23-4)13-15-18(21)25-20(2,3)26-19(15)22/h9-11,13H,5-8,12H2,1-4H3. The quantitative estimate of drug-likeness (QED) is 0.302. The van der Waals surface area contributed by atoms with Crippen LogP contribution in [0.2, 0.25) is 0 Å². The van der Waals surface area contributed by atoms with Crippen molar-refractivity contribution in [1.82, 2.24) is 0 Å². The topological polar surface area (TPSA) is 71.1 Å². The molecule has 0 bridgehead atoms. The molecule has 1 aliphatic rings. The van der Waals surface area contributed by atoms with Gasteiger partial charge in [0.2, 0.25) is 0 Å². The zero-order valence-corrected chi connectivity index (χ0v) is 15.8. The number of esters is 2. The summed E-state index contributed by atoms with van der Waals surface area (Å²) in [6.45, 7) is 5.69. The summed E-state index contributed by atoms with van der Waals surface area (Å²) >= 11 is 0. The Morgan fingerprint density at radius 2 is 1.77 bits per heavy atom. The van der Waals surface area contributed by atoms with Gasteiger partial charge in [0, 0.05) is 19.4 Å². The number of para-hydroxylation sites is 1. The van der Waals surface area contributed by atoms with Crippen LogP contribution in [0.5, 0.6) is 11.5 Å². The number of carbonyl (C=O) groups is 2. The number of benzene rings is 1. The van der Waals surface area contributed by atoms with Crippen molar-refractivity contribution in [1.29, 1.82) is 0 Å². The van der Waals surface area contributed by atoms with Gasteiger partial charge in [0.05, 0.1) is 13.7 Å². The fourth-order valence-corrected chi connectivity index (χ4v) is 2.60. The van der Waals surface area contributed by atoms with E-state index >= 15 is 0 Å². The van der Waals surface area contributed by atoms with Crippen LogP contribution in [0.3, 0.4) is 0 Å². The van der Waals surface area contributed by atoms with Crippen LogP contribution in [0.4, 0.5) is 0 Å². The second kappa shape index (κ2) is 8.74. The first-order chi connectivity index (χ1) is 12.4. The highest BCUT2D eigenvalue weighted by atomic mass is 16.7. The van der Waals surface area contributed by atoms with Crippen LogP contribution in [0.25, 0.3) is 6.08 Å². The molecule has 1 fully saturated rings. The molecule has 6 heteroatoms. The maximum absolute atomic E-state index is 12.2. The van der Waals surface area contributed by atoms with Crippen LogP contribution >= 0.6 is 0 Å². The molecule has 1 aromatic rings. The maximum Gasteiger partial charge on any atom is 0.348 e. The molecule has 1 aromatic carbocycles. The van der Waals surface area contributed by atoms with Gasteiger partial charge < -0.3 is 18.9 Å². The zero-order chi connectivity index (χ0) is 19.2. The molecule has 1 heterocycles. The third-order valence-corrected chi connectivity index (χ3v) is 3.89. The van der Waals surface area contributed by atoms with E-state index in [2.05, 4.69) is 6.92 Å². The van der Waals surface area contributed by atoms with E-state index in [1.165, 1.54) is 19.9 Å². The van der Waals surface area contributed by atoms with E-state index in [4.69, 9.17) is 18.9 Å². The van der Waals surface area contributed by atoms with Gasteiger partial charge >= 0.3 is 11.9 Å². The van der Waals surface area contributed by atoms with Gasteiger partial charge in [-0.2, -0.15) is 0 Å². The fraction of sp³-hybridized carbons (Fsp3) is 0.500. The minimum atomic E-state index is -1.27. The van der Waals surface area contributed by atoms with Crippen molar-refractivity contribution in [3.05, 3.63) is 29.3 Å². The lowest BCUT2D eigenvalue weighted by Crippen LogP contribution is -2.41. The van der Waals surface area contributed by atoms with E-state index in [1.807, 2.05) is 0 Å². The summed E-state index contributed by atoms with van der Waals surface area (Å²) in [7, 11) is 1.54. The van der Waals surface area contributed by atoms with Gasteiger partial charge in [-0.1, -0.05) is 38.3 Å². The molecule has 0 spiro atoms. The minimum absolute atomic E-state index is 0.173. The molecule has 2 rings (SSSR count). The van der Waals surface area contributed by atoms with Crippen molar-refractivity contribution >= 4 is 18.0 Å². The Balaban J connectivity index is 2.25. The number of methoxy groups -OCH3 is 1. The van der Waals surface area contributed by atoms with Gasteiger partial charge in [0.25, 0.3) is 5.79 Å². The molecule has 0 aliphatic carbocycles. The lowest BCUT2D eigenvalue weighted by atomic mass is 10.1. The summed E-state index contributed by atoms with van der Waals surface area (Å²) in [5, 5.41) is 0. The molecular weight excluding hydrogens is 336 g/mol. The molecule has 0 radical (unpaired) electrons. The Bertz CT molecular complexity index is 668. The van der Waals surface area contributed by atoms with Gasteiger partial charge in [-0.05, 0) is 18.6 Å². The smallest absolute Gasteiger partial charge is 0.348 e. The molecule has 0 saturated carbocycles. The maximum atomic E-state index is 12.2. The number of unbranched alkanes of at least 4 members (excludes halogenated alkanes) is 3. The van der Waals surface area contributed by atoms with Crippen molar-refractivity contribution in [2.24, 2.45) is 0 Å². The molecule has 142 valence electrons. The number of rotatable bonds is 8. The largest absolute Gasteiger partial charge is 0.493 e. The SMILES string of the molecule is CCCCCCOc1c(C=C2C(=O)OC(C)(C)OC2=O)cccc1OC. The van der Waals surface area contributed by atoms with Gasteiger partial charge in [-0.25, -0.2) is 9.59 Å². The average Bonchev–Trinajstić information content (AvgIpc) is 2.57. The fourth-order valence-electron chi connectivity index (χ4n) is 2.60. The Labute approximate surface area is 154 Å². The summed E-state index contributed by atoms with van der Waals surface area (Å²) in [5.74, 6) is -1.68. The second-order valence-electron chi connectivity index (χ2n) is 6.52. The first-order valence-corrected chi connectivity index (χ1v) is 8.86. The van der Waals surface area contributed by atoms with E-state index in [1.54, 1.807) is 25.3 Å². The monoisotopic (exact) mass is 362 g/mol. The van der Waals surface area contributed by atoms with Gasteiger partial charge in [-0.15, -0.1) is 0 Å². The van der Waals surface area contributed by atoms with E-state index in [9.17, 15) is 9.59 Å². The lowest BCUT2D eigenvalue weighted by Gasteiger charge is -2.29. The number of carbonyl (C=O) groups excluding carboxylic acids is 2. The lowest BCUT2D eigenvalue weighted by molar-refractivity contribution is -0.222. The van der Waals surface area contributed by atoms with Crippen LogP contribution in [0, 0.1) is 0 Å². The van der Waals surface area contributed by atoms with Crippen LogP contribution < -0.4 is 9.47 Å². The van der Waals surface area contributed by atoms with Crippen molar-refractivity contribution in [2.45, 2.75) is 52.2 Å². The predicted molar refractivity (Wildman–Crippen MR) is 96.9 cm³/mol. The molecule has 0 aromatic heterocycles. The summed E-state index contributed by atoms with van der Waals surface area (Å²) in [4.78, 5) is 24.3. The molecule has 0 unspecified atom stereocenters. The van der Waals surface area contributed by atoms with Crippen molar-refractivity contribution in [3.63, 3.8) is 0 Å². The predicted octanol–water partition coefficient (Wildman–Crippen LogP) is 3.87. The van der Waals surface area contributed by atoms with Crippen LogP contribution in [0.15, 0.2) is 23.8 Å². The molecular formula is C20H26O6. The second-order valence-corrected chi connectivity index (χ2v) is 6.52. The van der Waals surface area contributed by atoms with Crippen molar-refractivity contribution < 1.29 is 28.5 Å². The Morgan fingerprint density at radius 3 is 2.38 bits per heavy atom. The van der Waals surface area contributed by atoms with Gasteiger partial charge in [-0.3, -0.25) is 0 Å². The normalized spacial score (nSPS) is 15.9. The number of cyclic esters (lactones) is 2. The Kier molecular flexibility index (Phi) is 6.66. The van der Waals surface area contributed by atoms with Crippen molar-refractivity contribution in [2.75, 3.05) is 13.7 Å². The Morgan fingerprint density at radius 1 is 1.08 bits per heavy atom. The first-order valence-electron chi connectivity index (χ1n) is 8.86. The van der Waals surface area contributed by atoms with Crippen molar-refractivity contribution in [3.8, 4) is 11.5 Å². The van der Waals surface area contributed by atoms with Gasteiger partial charge in [0.15, 0.2) is 11.5 Å². The van der Waals surface area contributed by atoms with Crippen LogP contribution in [0.1, 0.15) is 52.0 Å². The number of ether oxygens (including phenoxy) is 4. The summed E-state index contributed by atoms with van der Waals surface area (Å²) in [5.41, 5.74) is 0.386. The molecule has 0 amide bonds. The van der Waals surface area contributed by atoms with E-state index in [0.717, 1.165) is 25.7 Å². The average molecular weight is 362 g/mol. The molecule has 1 aliphatic heterocycles. The number of hydrogen-bond acceptors (Lipinski definition) is 6. The third-order valence-electron chi connectivity index (χ3n) is 3.89. The molecule has 0 N–H and O–H groups in total. The van der Waals surface area contributed by atoms with Gasteiger partial charge in [0.1, 0.15) is 5.57 Å². The highest BCUT2D eigenvalue weighted by Gasteiger charge is 2.39. The third kappa shape index (κ3) is 5.00. The molecule has 6 nitrogen and oxygen atoms in total. The highest BCUT2D eigenvalue weighted by molar-refractivity contribution is 6.19. The number of hydrogen-bond donors (Lipinski definition) is 0. The summed E-state index contributed by atoms with van der Waals surface area (Å²) in [6.07, 6.45) is 5.71. The Hall–Kier alpha value is -2.50. The molecule has 26 heavy (non-hydrogen) atoms. The van der Waals surface area contributed by atoms with E-state index < -0.39 is 17.7 Å². The first kappa shape index (κ1) is 19.8. The molecule has 1 saturated heterocycles. The highest BCUT2D eigenvalue weighted by Crippen LogP contribution is 2.34. The van der Waals surface area contributed by atoms with E-state index in [0.29, 0.717) is 23.7 Å². The zero-order valence-electron chi connectivity index (χ0n) is 15.8. The molecule has 0 atom stereocenters. The minimum Gasteiger partial charge on any atom is -0.493 e. The summed E-state index contributed by atoms with van der Waals surface area (Å²) in [6, 6.07) is 5.28. The van der Waals surface area contributed by atoms with Crippen LogP contribution in [-0.2, 0) is 19.1 Å².